The van der Waals surface area contributed by atoms with Crippen molar-refractivity contribution < 1.29 is 14.1 Å². The maximum absolute atomic E-state index is 12.1. The van der Waals surface area contributed by atoms with Gasteiger partial charge in [-0.3, -0.25) is 4.90 Å². The highest BCUT2D eigenvalue weighted by Gasteiger charge is 2.43. The summed E-state index contributed by atoms with van der Waals surface area (Å²) in [7, 11) is 0. The number of hydrogen-bond donors (Lipinski definition) is 1. The number of likely N-dealkylation sites (tertiary alicyclic amines) is 2. The van der Waals surface area contributed by atoms with Crippen LogP contribution in [0.5, 0.6) is 0 Å². The van der Waals surface area contributed by atoms with Crippen LogP contribution in [0.15, 0.2) is 28.8 Å². The molecular formula is C27H39N5O3. The summed E-state index contributed by atoms with van der Waals surface area (Å²) >= 11 is 0. The number of carbonyl (C=O) groups excluding carboxylic acids is 1. The van der Waals surface area contributed by atoms with Gasteiger partial charge in [0.25, 0.3) is 0 Å². The summed E-state index contributed by atoms with van der Waals surface area (Å²) in [5.74, 6) is 0.844. The molecule has 0 radical (unpaired) electrons. The van der Waals surface area contributed by atoms with E-state index in [2.05, 4.69) is 44.5 Å². The summed E-state index contributed by atoms with van der Waals surface area (Å²) in [6.07, 6.45) is 4.26. The van der Waals surface area contributed by atoms with Crippen LogP contribution in [0.25, 0.3) is 0 Å². The SMILES string of the molecule is CCOC(=O)N1CCC(N2CCC3(CC2)CN(CNc2c(C)noc2C)Cc2ccccc23)CC1. The number of hydrogen-bond acceptors (Lipinski definition) is 7. The smallest absolute Gasteiger partial charge is 0.409 e. The predicted octanol–water partition coefficient (Wildman–Crippen LogP) is 4.13. The summed E-state index contributed by atoms with van der Waals surface area (Å²) < 4.78 is 10.5. The predicted molar refractivity (Wildman–Crippen MR) is 135 cm³/mol. The second-order valence-corrected chi connectivity index (χ2v) is 10.4. The van der Waals surface area contributed by atoms with Crippen LogP contribution >= 0.6 is 0 Å². The molecule has 3 aliphatic rings. The van der Waals surface area contributed by atoms with Crippen molar-refractivity contribution in [1.29, 1.82) is 0 Å². The molecule has 0 atom stereocenters. The number of ether oxygens (including phenoxy) is 1. The highest BCUT2D eigenvalue weighted by Crippen LogP contribution is 2.42. The van der Waals surface area contributed by atoms with E-state index in [4.69, 9.17) is 9.26 Å². The molecule has 4 heterocycles. The van der Waals surface area contributed by atoms with Gasteiger partial charge >= 0.3 is 6.09 Å². The molecule has 8 heteroatoms. The third-order valence-electron chi connectivity index (χ3n) is 8.28. The van der Waals surface area contributed by atoms with Crippen molar-refractivity contribution in [3.05, 3.63) is 46.8 Å². The number of aromatic nitrogens is 1. The van der Waals surface area contributed by atoms with E-state index in [9.17, 15) is 4.79 Å². The van der Waals surface area contributed by atoms with Gasteiger partial charge in [0, 0.05) is 37.6 Å². The number of rotatable bonds is 5. The minimum Gasteiger partial charge on any atom is -0.450 e. The number of carbonyl (C=O) groups is 1. The second kappa shape index (κ2) is 10.2. The van der Waals surface area contributed by atoms with E-state index in [1.807, 2.05) is 25.7 Å². The first-order valence-corrected chi connectivity index (χ1v) is 13.1. The monoisotopic (exact) mass is 481 g/mol. The van der Waals surface area contributed by atoms with Gasteiger partial charge in [0.1, 0.15) is 11.4 Å². The summed E-state index contributed by atoms with van der Waals surface area (Å²) in [5.41, 5.74) is 5.12. The normalized spacial score (nSPS) is 21.2. The van der Waals surface area contributed by atoms with Crippen LogP contribution in [-0.4, -0.2) is 78.0 Å². The molecular weight excluding hydrogens is 442 g/mol. The molecule has 2 saturated heterocycles. The Labute approximate surface area is 208 Å². The van der Waals surface area contributed by atoms with E-state index < -0.39 is 0 Å². The van der Waals surface area contributed by atoms with Crippen LogP contribution in [0.2, 0.25) is 0 Å². The maximum Gasteiger partial charge on any atom is 0.409 e. The fourth-order valence-electron chi connectivity index (χ4n) is 6.40. The molecule has 1 spiro atoms. The molecule has 5 rings (SSSR count). The van der Waals surface area contributed by atoms with Crippen LogP contribution in [0.3, 0.4) is 0 Å². The number of aryl methyl sites for hydroxylation is 2. The highest BCUT2D eigenvalue weighted by atomic mass is 16.6. The summed E-state index contributed by atoms with van der Waals surface area (Å²) in [4.78, 5) is 19.2. The van der Waals surface area contributed by atoms with Crippen molar-refractivity contribution in [2.45, 2.75) is 64.5 Å². The first kappa shape index (κ1) is 24.1. The van der Waals surface area contributed by atoms with Gasteiger partial charge < -0.3 is 24.4 Å². The molecule has 1 aromatic carbocycles. The molecule has 8 nitrogen and oxygen atoms in total. The lowest BCUT2D eigenvalue weighted by molar-refractivity contribution is 0.0443. The van der Waals surface area contributed by atoms with Gasteiger partial charge in [0.05, 0.1) is 13.3 Å². The zero-order chi connectivity index (χ0) is 24.4. The average molecular weight is 482 g/mol. The Bertz CT molecular complexity index is 1000. The largest absolute Gasteiger partial charge is 0.450 e. The van der Waals surface area contributed by atoms with Gasteiger partial charge in [0.15, 0.2) is 5.76 Å². The summed E-state index contributed by atoms with van der Waals surface area (Å²) in [5, 5.41) is 7.67. The fourth-order valence-corrected chi connectivity index (χ4v) is 6.40. The van der Waals surface area contributed by atoms with Crippen molar-refractivity contribution in [3.63, 3.8) is 0 Å². The first-order chi connectivity index (χ1) is 17.0. The lowest BCUT2D eigenvalue weighted by Crippen LogP contribution is -2.55. The Morgan fingerprint density at radius 1 is 1.17 bits per heavy atom. The van der Waals surface area contributed by atoms with E-state index in [1.54, 1.807) is 5.56 Å². The Balaban J connectivity index is 1.23. The van der Waals surface area contributed by atoms with E-state index in [0.717, 1.165) is 75.9 Å². The maximum atomic E-state index is 12.1. The minimum absolute atomic E-state index is 0.160. The topological polar surface area (TPSA) is 74.1 Å². The number of fused-ring (bicyclic) bond motifs is 2. The molecule has 0 unspecified atom stereocenters. The quantitative estimate of drug-likeness (QED) is 0.688. The number of nitrogens with zero attached hydrogens (tertiary/aromatic N) is 4. The molecule has 2 fully saturated rings. The average Bonchev–Trinajstić information content (AvgIpc) is 3.20. The Kier molecular flexibility index (Phi) is 7.02. The lowest BCUT2D eigenvalue weighted by Gasteiger charge is -2.50. The Morgan fingerprint density at radius 3 is 2.60 bits per heavy atom. The fraction of sp³-hybridized carbons (Fsp3) is 0.630. The van der Waals surface area contributed by atoms with E-state index in [-0.39, 0.29) is 11.5 Å². The van der Waals surface area contributed by atoms with Gasteiger partial charge in [0.2, 0.25) is 0 Å². The number of amides is 1. The Hall–Kier alpha value is -2.58. The van der Waals surface area contributed by atoms with Crippen LogP contribution in [0, 0.1) is 13.8 Å². The standard InChI is InChI=1S/C27H39N5O3/c1-4-34-26(33)32-13-9-23(10-14-32)31-15-11-27(12-16-31)18-30(17-22-7-5-6-8-24(22)27)19-28-25-20(2)29-35-21(25)3/h5-8,23,28H,4,9-19H2,1-3H3. The zero-order valence-corrected chi connectivity index (χ0v) is 21.4. The van der Waals surface area contributed by atoms with Crippen molar-refractivity contribution >= 4 is 11.8 Å². The molecule has 190 valence electrons. The molecule has 1 aromatic heterocycles. The van der Waals surface area contributed by atoms with Crippen molar-refractivity contribution in [2.75, 3.05) is 51.3 Å². The molecule has 2 aromatic rings. The van der Waals surface area contributed by atoms with Crippen LogP contribution in [0.4, 0.5) is 10.5 Å². The van der Waals surface area contributed by atoms with Gasteiger partial charge in [-0.15, -0.1) is 0 Å². The molecule has 1 amide bonds. The third-order valence-corrected chi connectivity index (χ3v) is 8.28. The summed E-state index contributed by atoms with van der Waals surface area (Å²) in [6.45, 7) is 12.9. The number of piperidine rings is 2. The molecule has 0 aliphatic carbocycles. The molecule has 0 saturated carbocycles. The van der Waals surface area contributed by atoms with Crippen molar-refractivity contribution in [1.82, 2.24) is 19.9 Å². The molecule has 0 bridgehead atoms. The number of benzene rings is 1. The van der Waals surface area contributed by atoms with Crippen LogP contribution < -0.4 is 5.32 Å². The Morgan fingerprint density at radius 2 is 1.91 bits per heavy atom. The van der Waals surface area contributed by atoms with E-state index in [0.29, 0.717) is 12.6 Å². The molecule has 35 heavy (non-hydrogen) atoms. The van der Waals surface area contributed by atoms with Crippen molar-refractivity contribution in [3.8, 4) is 0 Å². The van der Waals surface area contributed by atoms with E-state index >= 15 is 0 Å². The number of anilines is 1. The molecule has 3 aliphatic heterocycles. The third kappa shape index (κ3) is 4.91. The highest BCUT2D eigenvalue weighted by molar-refractivity contribution is 5.67. The van der Waals surface area contributed by atoms with Gasteiger partial charge in [-0.25, -0.2) is 4.79 Å². The minimum atomic E-state index is -0.160. The van der Waals surface area contributed by atoms with Crippen LogP contribution in [-0.2, 0) is 16.7 Å². The van der Waals surface area contributed by atoms with Crippen LogP contribution in [0.1, 0.15) is 55.2 Å². The van der Waals surface area contributed by atoms with Gasteiger partial charge in [-0.1, -0.05) is 29.4 Å². The zero-order valence-electron chi connectivity index (χ0n) is 21.4. The second-order valence-electron chi connectivity index (χ2n) is 10.4. The van der Waals surface area contributed by atoms with Gasteiger partial charge in [-0.05, 0) is 70.7 Å². The van der Waals surface area contributed by atoms with E-state index in [1.165, 1.54) is 18.4 Å². The van der Waals surface area contributed by atoms with Gasteiger partial charge in [-0.2, -0.15) is 0 Å². The molecule has 1 N–H and O–H groups in total. The lowest BCUT2D eigenvalue weighted by atomic mass is 9.68. The first-order valence-electron chi connectivity index (χ1n) is 13.1. The number of nitrogens with one attached hydrogen (secondary N) is 1. The van der Waals surface area contributed by atoms with Crippen molar-refractivity contribution in [2.24, 2.45) is 0 Å². The summed E-state index contributed by atoms with van der Waals surface area (Å²) in [6, 6.07) is 9.60.